The monoisotopic (exact) mass is 240 g/mol. The van der Waals surface area contributed by atoms with Crippen LogP contribution in [0, 0.1) is 0 Å². The minimum Gasteiger partial charge on any atom is -0.508 e. The molecule has 0 aliphatic rings. The van der Waals surface area contributed by atoms with Crippen molar-refractivity contribution in [1.82, 2.24) is 0 Å². The second kappa shape index (κ2) is 5.72. The highest BCUT2D eigenvalue weighted by atomic mass is 16.3. The third-order valence-corrected chi connectivity index (χ3v) is 3.54. The quantitative estimate of drug-likeness (QED) is 0.822. The molecular formula is C17H20O. The zero-order valence-electron chi connectivity index (χ0n) is 11.0. The highest BCUT2D eigenvalue weighted by Gasteiger charge is 2.12. The third kappa shape index (κ3) is 3.13. The minimum atomic E-state index is 0.335. The first-order valence-electron chi connectivity index (χ1n) is 6.50. The van der Waals surface area contributed by atoms with Gasteiger partial charge in [0.15, 0.2) is 0 Å². The molecule has 2 aromatic rings. The normalized spacial score (nSPS) is 14.1. The summed E-state index contributed by atoms with van der Waals surface area (Å²) in [7, 11) is 0. The van der Waals surface area contributed by atoms with Crippen molar-refractivity contribution in [3.63, 3.8) is 0 Å². The lowest BCUT2D eigenvalue weighted by Gasteiger charge is -2.18. The Morgan fingerprint density at radius 2 is 1.28 bits per heavy atom. The SMILES string of the molecule is CC(CC(C)c1ccc(O)cc1)c1ccccc1. The summed E-state index contributed by atoms with van der Waals surface area (Å²) in [6.45, 7) is 4.51. The lowest BCUT2D eigenvalue weighted by molar-refractivity contribution is 0.474. The maximum absolute atomic E-state index is 9.30. The molecule has 0 spiro atoms. The molecule has 94 valence electrons. The first-order valence-corrected chi connectivity index (χ1v) is 6.50. The molecule has 1 nitrogen and oxygen atoms in total. The second-order valence-electron chi connectivity index (χ2n) is 5.04. The van der Waals surface area contributed by atoms with E-state index in [9.17, 15) is 5.11 Å². The van der Waals surface area contributed by atoms with Crippen LogP contribution in [0.5, 0.6) is 5.75 Å². The van der Waals surface area contributed by atoms with Crippen LogP contribution in [0.1, 0.15) is 43.2 Å². The summed E-state index contributed by atoms with van der Waals surface area (Å²) < 4.78 is 0. The van der Waals surface area contributed by atoms with Gasteiger partial charge in [-0.15, -0.1) is 0 Å². The van der Waals surface area contributed by atoms with E-state index in [0.717, 1.165) is 6.42 Å². The van der Waals surface area contributed by atoms with Crippen LogP contribution in [0.25, 0.3) is 0 Å². The Morgan fingerprint density at radius 1 is 0.778 bits per heavy atom. The van der Waals surface area contributed by atoms with Gasteiger partial charge in [0.1, 0.15) is 5.75 Å². The molecule has 0 aliphatic carbocycles. The van der Waals surface area contributed by atoms with Crippen LogP contribution in [-0.2, 0) is 0 Å². The van der Waals surface area contributed by atoms with E-state index in [-0.39, 0.29) is 0 Å². The molecule has 18 heavy (non-hydrogen) atoms. The molecule has 0 aliphatic heterocycles. The van der Waals surface area contributed by atoms with Crippen LogP contribution in [0.15, 0.2) is 54.6 Å². The number of phenolic OH excluding ortho intramolecular Hbond substituents is 1. The Labute approximate surface area is 109 Å². The summed E-state index contributed by atoms with van der Waals surface area (Å²) in [5.41, 5.74) is 2.68. The molecule has 2 atom stereocenters. The number of aromatic hydroxyl groups is 1. The smallest absolute Gasteiger partial charge is 0.115 e. The van der Waals surface area contributed by atoms with Crippen LogP contribution in [0.3, 0.4) is 0 Å². The van der Waals surface area contributed by atoms with Gasteiger partial charge in [0.05, 0.1) is 0 Å². The van der Waals surface area contributed by atoms with Gasteiger partial charge in [0.25, 0.3) is 0 Å². The predicted octanol–water partition coefficient (Wildman–Crippen LogP) is 4.69. The molecule has 0 aromatic heterocycles. The fraction of sp³-hybridized carbons (Fsp3) is 0.294. The molecular weight excluding hydrogens is 220 g/mol. The molecule has 2 unspecified atom stereocenters. The van der Waals surface area contributed by atoms with E-state index >= 15 is 0 Å². The zero-order chi connectivity index (χ0) is 13.0. The number of rotatable bonds is 4. The van der Waals surface area contributed by atoms with Gasteiger partial charge in [-0.05, 0) is 41.5 Å². The summed E-state index contributed by atoms with van der Waals surface area (Å²) in [6, 6.07) is 18.2. The number of phenols is 1. The standard InChI is InChI=1S/C17H20O/c1-13(15-6-4-3-5-7-15)12-14(2)16-8-10-17(18)11-9-16/h3-11,13-14,18H,12H2,1-2H3. The Balaban J connectivity index is 2.03. The van der Waals surface area contributed by atoms with Crippen LogP contribution in [-0.4, -0.2) is 5.11 Å². The van der Waals surface area contributed by atoms with Crippen molar-refractivity contribution >= 4 is 0 Å². The Morgan fingerprint density at radius 3 is 1.83 bits per heavy atom. The number of hydrogen-bond donors (Lipinski definition) is 1. The van der Waals surface area contributed by atoms with E-state index < -0.39 is 0 Å². The Kier molecular flexibility index (Phi) is 4.03. The van der Waals surface area contributed by atoms with E-state index in [1.165, 1.54) is 11.1 Å². The fourth-order valence-electron chi connectivity index (χ4n) is 2.39. The minimum absolute atomic E-state index is 0.335. The number of hydrogen-bond acceptors (Lipinski definition) is 1. The summed E-state index contributed by atoms with van der Waals surface area (Å²) in [5, 5.41) is 9.30. The van der Waals surface area contributed by atoms with Crippen LogP contribution >= 0.6 is 0 Å². The summed E-state index contributed by atoms with van der Waals surface area (Å²) in [4.78, 5) is 0. The van der Waals surface area contributed by atoms with Gasteiger partial charge >= 0.3 is 0 Å². The van der Waals surface area contributed by atoms with Crippen LogP contribution < -0.4 is 0 Å². The largest absolute Gasteiger partial charge is 0.508 e. The molecule has 2 rings (SSSR count). The molecule has 0 saturated carbocycles. The van der Waals surface area contributed by atoms with Crippen molar-refractivity contribution in [2.24, 2.45) is 0 Å². The van der Waals surface area contributed by atoms with Crippen molar-refractivity contribution in [3.05, 3.63) is 65.7 Å². The van der Waals surface area contributed by atoms with Gasteiger partial charge in [-0.3, -0.25) is 0 Å². The average molecular weight is 240 g/mol. The molecule has 0 heterocycles. The molecule has 2 aromatic carbocycles. The van der Waals surface area contributed by atoms with E-state index in [1.807, 2.05) is 12.1 Å². The van der Waals surface area contributed by atoms with Crippen molar-refractivity contribution in [3.8, 4) is 5.75 Å². The van der Waals surface area contributed by atoms with Gasteiger partial charge in [0.2, 0.25) is 0 Å². The van der Waals surface area contributed by atoms with E-state index in [0.29, 0.717) is 17.6 Å². The lowest BCUT2D eigenvalue weighted by Crippen LogP contribution is -2.00. The highest BCUT2D eigenvalue weighted by Crippen LogP contribution is 2.29. The van der Waals surface area contributed by atoms with Gasteiger partial charge in [-0.2, -0.15) is 0 Å². The van der Waals surface area contributed by atoms with Gasteiger partial charge in [-0.1, -0.05) is 56.3 Å². The summed E-state index contributed by atoms with van der Waals surface area (Å²) in [6.07, 6.45) is 1.12. The molecule has 0 fully saturated rings. The van der Waals surface area contributed by atoms with Gasteiger partial charge in [-0.25, -0.2) is 0 Å². The van der Waals surface area contributed by atoms with Crippen molar-refractivity contribution in [1.29, 1.82) is 0 Å². The van der Waals surface area contributed by atoms with Crippen molar-refractivity contribution < 1.29 is 5.11 Å². The Hall–Kier alpha value is -1.76. The summed E-state index contributed by atoms with van der Waals surface area (Å²) in [5.74, 6) is 1.39. The van der Waals surface area contributed by atoms with Crippen molar-refractivity contribution in [2.75, 3.05) is 0 Å². The molecule has 1 heteroatoms. The maximum Gasteiger partial charge on any atom is 0.115 e. The molecule has 0 radical (unpaired) electrons. The Bertz CT molecular complexity index is 473. The molecule has 0 bridgehead atoms. The predicted molar refractivity (Wildman–Crippen MR) is 76.0 cm³/mol. The van der Waals surface area contributed by atoms with E-state index in [4.69, 9.17) is 0 Å². The van der Waals surface area contributed by atoms with Gasteiger partial charge in [0, 0.05) is 0 Å². The molecule has 1 N–H and O–H groups in total. The summed E-state index contributed by atoms with van der Waals surface area (Å²) >= 11 is 0. The van der Waals surface area contributed by atoms with Gasteiger partial charge < -0.3 is 5.11 Å². The van der Waals surface area contributed by atoms with E-state index in [1.54, 1.807) is 12.1 Å². The first kappa shape index (κ1) is 12.7. The van der Waals surface area contributed by atoms with Crippen molar-refractivity contribution in [2.45, 2.75) is 32.1 Å². The van der Waals surface area contributed by atoms with E-state index in [2.05, 4.69) is 44.2 Å². The topological polar surface area (TPSA) is 20.2 Å². The van der Waals surface area contributed by atoms with Crippen LogP contribution in [0.4, 0.5) is 0 Å². The average Bonchev–Trinajstić information content (AvgIpc) is 2.40. The second-order valence-corrected chi connectivity index (χ2v) is 5.04. The zero-order valence-corrected chi connectivity index (χ0v) is 11.0. The third-order valence-electron chi connectivity index (χ3n) is 3.54. The molecule has 0 saturated heterocycles. The van der Waals surface area contributed by atoms with Crippen LogP contribution in [0.2, 0.25) is 0 Å². The lowest BCUT2D eigenvalue weighted by atomic mass is 9.87. The molecule has 0 amide bonds. The fourth-order valence-corrected chi connectivity index (χ4v) is 2.39. The highest BCUT2D eigenvalue weighted by molar-refractivity contribution is 5.28. The maximum atomic E-state index is 9.30. The number of benzene rings is 2. The first-order chi connectivity index (χ1) is 8.66.